The number of hydrogen-bond donors (Lipinski definition) is 0. The van der Waals surface area contributed by atoms with Crippen molar-refractivity contribution < 1.29 is 22.4 Å². The van der Waals surface area contributed by atoms with Crippen molar-refractivity contribution in [3.05, 3.63) is 53.0 Å². The summed E-state index contributed by atoms with van der Waals surface area (Å²) >= 11 is 2.96. The molecule has 10 heteroatoms. The molecule has 4 rings (SSSR count). The highest BCUT2D eigenvalue weighted by atomic mass is 32.2. The molecule has 0 atom stereocenters. The fourth-order valence-electron chi connectivity index (χ4n) is 3.32. The minimum absolute atomic E-state index is 0.123. The average molecular weight is 491 g/mol. The lowest BCUT2D eigenvalue weighted by Crippen LogP contribution is -2.18. The van der Waals surface area contributed by atoms with Crippen molar-refractivity contribution in [2.45, 2.75) is 18.4 Å². The van der Waals surface area contributed by atoms with Gasteiger partial charge in [-0.05, 0) is 43.5 Å². The summed E-state index contributed by atoms with van der Waals surface area (Å²) in [5.74, 6) is 1.02. The van der Waals surface area contributed by atoms with E-state index in [1.807, 2.05) is 29.9 Å². The summed E-state index contributed by atoms with van der Waals surface area (Å²) in [4.78, 5) is 18.0. The minimum Gasteiger partial charge on any atom is -0.490 e. The number of amides is 1. The zero-order chi connectivity index (χ0) is 22.9. The first kappa shape index (κ1) is 22.6. The van der Waals surface area contributed by atoms with Crippen LogP contribution in [0.1, 0.15) is 17.5 Å². The molecular weight excluding hydrogens is 468 g/mol. The Morgan fingerprint density at radius 2 is 2.06 bits per heavy atom. The van der Waals surface area contributed by atoms with Gasteiger partial charge in [0.25, 0.3) is 0 Å². The first-order chi connectivity index (χ1) is 15.3. The van der Waals surface area contributed by atoms with Gasteiger partial charge in [-0.1, -0.05) is 23.5 Å². The van der Waals surface area contributed by atoms with Gasteiger partial charge in [0.1, 0.15) is 0 Å². The smallest absolute Gasteiger partial charge is 0.315 e. The van der Waals surface area contributed by atoms with Crippen molar-refractivity contribution in [2.75, 3.05) is 24.9 Å². The molecule has 0 aliphatic carbocycles. The quantitative estimate of drug-likeness (QED) is 0.382. The molecule has 0 radical (unpaired) electrons. The summed E-state index contributed by atoms with van der Waals surface area (Å²) in [5, 5.41) is 0.763. The standard InChI is InChI=1S/C22H22N2O5S3/c1-4-28-17-7-5-6-14-12-18(29-20(14)17)21(25)23-22-24(10-11-30-2)16-9-8-15(32(3,26)27)13-19(16)31-22/h5-9,12-13H,4,10-11H2,1-3H3. The predicted molar refractivity (Wildman–Crippen MR) is 129 cm³/mol. The van der Waals surface area contributed by atoms with Crippen LogP contribution in [0.4, 0.5) is 0 Å². The molecule has 32 heavy (non-hydrogen) atoms. The summed E-state index contributed by atoms with van der Waals surface area (Å²) in [6.07, 6.45) is 3.18. The van der Waals surface area contributed by atoms with E-state index in [2.05, 4.69) is 4.99 Å². The molecule has 0 fully saturated rings. The Balaban J connectivity index is 1.82. The summed E-state index contributed by atoms with van der Waals surface area (Å²) in [5.41, 5.74) is 1.35. The highest BCUT2D eigenvalue weighted by molar-refractivity contribution is 7.98. The third kappa shape index (κ3) is 4.48. The number of thiazole rings is 1. The van der Waals surface area contributed by atoms with Gasteiger partial charge in [-0.15, -0.1) is 0 Å². The molecule has 0 spiro atoms. The number of nitrogens with zero attached hydrogens (tertiary/aromatic N) is 2. The zero-order valence-electron chi connectivity index (χ0n) is 17.8. The van der Waals surface area contributed by atoms with E-state index in [9.17, 15) is 13.2 Å². The van der Waals surface area contributed by atoms with Gasteiger partial charge in [0, 0.05) is 23.9 Å². The van der Waals surface area contributed by atoms with Crippen LogP contribution in [-0.4, -0.2) is 43.8 Å². The summed E-state index contributed by atoms with van der Waals surface area (Å²) in [7, 11) is -3.34. The number of rotatable bonds is 7. The number of hydrogen-bond acceptors (Lipinski definition) is 7. The van der Waals surface area contributed by atoms with Gasteiger partial charge in [0.2, 0.25) is 0 Å². The minimum atomic E-state index is -3.34. The Labute approximate surface area is 193 Å². The number of para-hydroxylation sites is 1. The van der Waals surface area contributed by atoms with Gasteiger partial charge in [-0.3, -0.25) is 4.79 Å². The Morgan fingerprint density at radius 1 is 1.25 bits per heavy atom. The maximum atomic E-state index is 13.0. The molecule has 4 aromatic rings. The molecule has 7 nitrogen and oxygen atoms in total. The van der Waals surface area contributed by atoms with Gasteiger partial charge in [0.05, 0.1) is 21.7 Å². The van der Waals surface area contributed by atoms with E-state index < -0.39 is 15.7 Å². The topological polar surface area (TPSA) is 90.9 Å². The number of aryl methyl sites for hydroxylation is 1. The average Bonchev–Trinajstić information content (AvgIpc) is 3.33. The second-order valence-electron chi connectivity index (χ2n) is 7.07. The summed E-state index contributed by atoms with van der Waals surface area (Å²) < 4.78 is 38.0. The molecule has 0 aliphatic rings. The lowest BCUT2D eigenvalue weighted by Gasteiger charge is -2.04. The van der Waals surface area contributed by atoms with Crippen molar-refractivity contribution >= 4 is 60.0 Å². The molecule has 0 saturated carbocycles. The second kappa shape index (κ2) is 9.13. The van der Waals surface area contributed by atoms with Gasteiger partial charge >= 0.3 is 5.91 Å². The number of fused-ring (bicyclic) bond motifs is 2. The number of carbonyl (C=O) groups is 1. The SMILES string of the molecule is CCOc1cccc2cc(C(=O)N=c3sc4cc(S(C)(=O)=O)ccc4n3CCSC)oc12. The van der Waals surface area contributed by atoms with E-state index >= 15 is 0 Å². The largest absolute Gasteiger partial charge is 0.490 e. The summed E-state index contributed by atoms with van der Waals surface area (Å²) in [6.45, 7) is 3.01. The van der Waals surface area contributed by atoms with Crippen molar-refractivity contribution in [2.24, 2.45) is 4.99 Å². The number of thioether (sulfide) groups is 1. The molecule has 2 aromatic heterocycles. The molecule has 0 bridgehead atoms. The van der Waals surface area contributed by atoms with Crippen LogP contribution in [0.25, 0.3) is 21.2 Å². The fourth-order valence-corrected chi connectivity index (χ4v) is 5.50. The predicted octanol–water partition coefficient (Wildman–Crippen LogP) is 4.36. The number of aromatic nitrogens is 1. The third-order valence-corrected chi connectivity index (χ3v) is 7.56. The number of sulfone groups is 1. The van der Waals surface area contributed by atoms with Crippen molar-refractivity contribution in [3.63, 3.8) is 0 Å². The van der Waals surface area contributed by atoms with Gasteiger partial charge in [-0.25, -0.2) is 8.42 Å². The highest BCUT2D eigenvalue weighted by Crippen LogP contribution is 2.29. The first-order valence-electron chi connectivity index (χ1n) is 9.88. The van der Waals surface area contributed by atoms with E-state index in [4.69, 9.17) is 9.15 Å². The van der Waals surface area contributed by atoms with Crippen LogP contribution in [0.3, 0.4) is 0 Å². The normalized spacial score (nSPS) is 12.7. The van der Waals surface area contributed by atoms with E-state index in [1.54, 1.807) is 42.1 Å². The van der Waals surface area contributed by atoms with Crippen molar-refractivity contribution in [1.29, 1.82) is 0 Å². The van der Waals surface area contributed by atoms with E-state index in [0.717, 1.165) is 21.4 Å². The molecule has 168 valence electrons. The molecule has 0 N–H and O–H groups in total. The van der Waals surface area contributed by atoms with Crippen LogP contribution in [0.5, 0.6) is 5.75 Å². The molecular formula is C22H22N2O5S3. The second-order valence-corrected chi connectivity index (χ2v) is 11.1. The molecule has 0 aliphatic heterocycles. The van der Waals surface area contributed by atoms with Crippen LogP contribution in [-0.2, 0) is 16.4 Å². The first-order valence-corrected chi connectivity index (χ1v) is 14.0. The van der Waals surface area contributed by atoms with Crippen LogP contribution in [0.2, 0.25) is 0 Å². The Kier molecular flexibility index (Phi) is 6.45. The Bertz CT molecular complexity index is 1480. The molecule has 2 aromatic carbocycles. The van der Waals surface area contributed by atoms with Gasteiger partial charge in [0.15, 0.2) is 31.7 Å². The van der Waals surface area contributed by atoms with E-state index in [1.165, 1.54) is 17.6 Å². The highest BCUT2D eigenvalue weighted by Gasteiger charge is 2.17. The zero-order valence-corrected chi connectivity index (χ0v) is 20.3. The monoisotopic (exact) mass is 490 g/mol. The molecule has 1 amide bonds. The lowest BCUT2D eigenvalue weighted by atomic mass is 10.2. The van der Waals surface area contributed by atoms with Gasteiger partial charge < -0.3 is 13.7 Å². The maximum Gasteiger partial charge on any atom is 0.315 e. The Hall–Kier alpha value is -2.56. The fraction of sp³-hybridized carbons (Fsp3) is 0.273. The molecule has 0 saturated heterocycles. The maximum absolute atomic E-state index is 13.0. The molecule has 0 unspecified atom stereocenters. The van der Waals surface area contributed by atoms with Crippen molar-refractivity contribution in [1.82, 2.24) is 4.57 Å². The van der Waals surface area contributed by atoms with Crippen LogP contribution < -0.4 is 9.54 Å². The number of furan rings is 1. The van der Waals surface area contributed by atoms with E-state index in [-0.39, 0.29) is 10.7 Å². The van der Waals surface area contributed by atoms with E-state index in [0.29, 0.717) is 29.3 Å². The van der Waals surface area contributed by atoms with Crippen LogP contribution >= 0.6 is 23.1 Å². The van der Waals surface area contributed by atoms with Crippen LogP contribution in [0, 0.1) is 0 Å². The van der Waals surface area contributed by atoms with Gasteiger partial charge in [-0.2, -0.15) is 16.8 Å². The van der Waals surface area contributed by atoms with Crippen LogP contribution in [0.15, 0.2) is 56.8 Å². The Morgan fingerprint density at radius 3 is 2.78 bits per heavy atom. The third-order valence-electron chi connectivity index (χ3n) is 4.82. The number of carbonyl (C=O) groups excluding carboxylic acids is 1. The molecule has 2 heterocycles. The number of benzene rings is 2. The summed E-state index contributed by atoms with van der Waals surface area (Å²) in [6, 6.07) is 12.1. The lowest BCUT2D eigenvalue weighted by molar-refractivity contribution is 0.0973. The number of ether oxygens (including phenoxy) is 1. The van der Waals surface area contributed by atoms with Crippen molar-refractivity contribution in [3.8, 4) is 5.75 Å².